The van der Waals surface area contributed by atoms with Crippen LogP contribution in [0.25, 0.3) is 16.7 Å². The number of likely N-dealkylation sites (N-methyl/N-ethyl adjacent to an activating group) is 1. The van der Waals surface area contributed by atoms with Gasteiger partial charge in [-0.15, -0.1) is 5.10 Å². The lowest BCUT2D eigenvalue weighted by molar-refractivity contribution is 0.0778. The Hall–Kier alpha value is -4.91. The number of benzene rings is 3. The summed E-state index contributed by atoms with van der Waals surface area (Å²) in [5.41, 5.74) is 5.27. The number of likely N-dealkylation sites (tertiary alicyclic amines) is 1. The van der Waals surface area contributed by atoms with Gasteiger partial charge < -0.3 is 28.8 Å². The van der Waals surface area contributed by atoms with Crippen molar-refractivity contribution in [2.45, 2.75) is 37.8 Å². The fraction of sp³-hybridized carbons (Fsp3) is 0.324. The van der Waals surface area contributed by atoms with Crippen LogP contribution in [0, 0.1) is 0 Å². The van der Waals surface area contributed by atoms with Gasteiger partial charge in [0.05, 0.1) is 58.5 Å². The van der Waals surface area contributed by atoms with Gasteiger partial charge in [0.15, 0.2) is 0 Å². The van der Waals surface area contributed by atoms with Crippen LogP contribution in [0.3, 0.4) is 0 Å². The Morgan fingerprint density at radius 3 is 2.67 bits per heavy atom. The average molecular weight is 729 g/mol. The first-order valence-electron chi connectivity index (χ1n) is 16.9. The standard InChI is InChI=1S/C37H39Cl2N9O3/c1-45(36(49)30-20-29(8-10-35(30)50-2)48-24-40-43-44-48)22-27(26-7-9-31(38)32(39)19-26)11-15-46-16-12-28(13-17-46)41-37-42-33-5-3-4-6-34(33)47(37)21-25-14-18-51-23-25/h3-10,14,18-20,23-24,27-28H,11-13,15-17,21-22H2,1-2H3,(H,41,42). The summed E-state index contributed by atoms with van der Waals surface area (Å²) in [7, 11) is 3.37. The zero-order valence-corrected chi connectivity index (χ0v) is 30.0. The maximum atomic E-state index is 13.9. The second-order valence-corrected chi connectivity index (χ2v) is 13.7. The second kappa shape index (κ2) is 15.5. The van der Waals surface area contributed by atoms with E-state index in [9.17, 15) is 4.79 Å². The van der Waals surface area contributed by atoms with E-state index >= 15 is 0 Å². The largest absolute Gasteiger partial charge is 0.496 e. The van der Waals surface area contributed by atoms with Crippen LogP contribution in [0.1, 0.15) is 46.7 Å². The summed E-state index contributed by atoms with van der Waals surface area (Å²) in [5, 5.41) is 16.1. The first-order valence-corrected chi connectivity index (χ1v) is 17.7. The Labute approximate surface area is 305 Å². The minimum atomic E-state index is -0.169. The third-order valence-electron chi connectivity index (χ3n) is 9.57. The van der Waals surface area contributed by atoms with E-state index in [2.05, 4.69) is 42.4 Å². The molecule has 1 N–H and O–H groups in total. The van der Waals surface area contributed by atoms with Crippen LogP contribution in [0.15, 0.2) is 90.0 Å². The number of aromatic nitrogens is 6. The molecule has 0 aliphatic carbocycles. The minimum absolute atomic E-state index is 0.0149. The summed E-state index contributed by atoms with van der Waals surface area (Å²) in [6.07, 6.45) is 7.77. The SMILES string of the molecule is COc1ccc(-n2cnnn2)cc1C(=O)N(C)CC(CCN1CCC(Nc2nc3ccccc3n2Cc2ccoc2)CC1)c1ccc(Cl)c(Cl)c1. The molecule has 1 fully saturated rings. The molecule has 1 unspecified atom stereocenters. The lowest BCUT2D eigenvalue weighted by Crippen LogP contribution is -2.40. The maximum Gasteiger partial charge on any atom is 0.257 e. The first-order chi connectivity index (χ1) is 24.9. The van der Waals surface area contributed by atoms with Crippen molar-refractivity contribution in [2.24, 2.45) is 0 Å². The van der Waals surface area contributed by atoms with Crippen LogP contribution in [-0.4, -0.2) is 91.8 Å². The molecule has 3 aromatic carbocycles. The zero-order chi connectivity index (χ0) is 35.3. The molecular formula is C37H39Cl2N9O3. The highest BCUT2D eigenvalue weighted by Crippen LogP contribution is 2.31. The molecule has 1 saturated heterocycles. The van der Waals surface area contributed by atoms with E-state index in [-0.39, 0.29) is 11.8 Å². The summed E-state index contributed by atoms with van der Waals surface area (Å²) in [5.74, 6) is 1.20. The molecular weight excluding hydrogens is 689 g/mol. The molecule has 0 spiro atoms. The zero-order valence-electron chi connectivity index (χ0n) is 28.5. The number of furan rings is 1. The molecule has 1 amide bonds. The van der Waals surface area contributed by atoms with Gasteiger partial charge in [0, 0.05) is 44.2 Å². The number of hydrogen-bond acceptors (Lipinski definition) is 9. The number of nitrogens with zero attached hydrogens (tertiary/aromatic N) is 8. The number of halogens is 2. The quantitative estimate of drug-likeness (QED) is 0.137. The van der Waals surface area contributed by atoms with E-state index in [1.54, 1.807) is 42.7 Å². The molecule has 1 atom stereocenters. The van der Waals surface area contributed by atoms with Crippen LogP contribution < -0.4 is 10.1 Å². The third kappa shape index (κ3) is 7.88. The Balaban J connectivity index is 1.01. The molecule has 7 rings (SSSR count). The molecule has 1 aliphatic rings. The van der Waals surface area contributed by atoms with E-state index in [1.165, 1.54) is 11.0 Å². The van der Waals surface area contributed by atoms with Crippen molar-refractivity contribution in [1.29, 1.82) is 0 Å². The molecule has 3 aromatic heterocycles. The van der Waals surface area contributed by atoms with Gasteiger partial charge in [-0.1, -0.05) is 41.4 Å². The third-order valence-corrected chi connectivity index (χ3v) is 10.3. The highest BCUT2D eigenvalue weighted by Gasteiger charge is 2.26. The number of amides is 1. The van der Waals surface area contributed by atoms with Crippen LogP contribution in [0.4, 0.5) is 5.95 Å². The predicted octanol–water partition coefficient (Wildman–Crippen LogP) is 6.79. The van der Waals surface area contributed by atoms with Gasteiger partial charge in [-0.2, -0.15) is 0 Å². The lowest BCUT2D eigenvalue weighted by atomic mass is 9.94. The molecule has 51 heavy (non-hydrogen) atoms. The smallest absolute Gasteiger partial charge is 0.257 e. The highest BCUT2D eigenvalue weighted by molar-refractivity contribution is 6.42. The average Bonchev–Trinajstić information content (AvgIpc) is 3.95. The number of methoxy groups -OCH3 is 1. The number of para-hydroxylation sites is 2. The number of carbonyl (C=O) groups excluding carboxylic acids is 1. The topological polar surface area (TPSA) is 119 Å². The van der Waals surface area contributed by atoms with Gasteiger partial charge in [-0.25, -0.2) is 9.67 Å². The van der Waals surface area contributed by atoms with E-state index in [1.807, 2.05) is 43.4 Å². The molecule has 0 radical (unpaired) electrons. The maximum absolute atomic E-state index is 13.9. The molecule has 0 saturated carbocycles. The monoisotopic (exact) mass is 727 g/mol. The fourth-order valence-corrected chi connectivity index (χ4v) is 7.07. The summed E-state index contributed by atoms with van der Waals surface area (Å²) in [4.78, 5) is 23.1. The molecule has 1 aliphatic heterocycles. The Morgan fingerprint density at radius 1 is 1.08 bits per heavy atom. The normalized spacial score (nSPS) is 14.5. The van der Waals surface area contributed by atoms with Crippen molar-refractivity contribution in [2.75, 3.05) is 45.7 Å². The Kier molecular flexibility index (Phi) is 10.5. The van der Waals surface area contributed by atoms with Gasteiger partial charge in [-0.3, -0.25) is 4.79 Å². The molecule has 6 aromatic rings. The number of rotatable bonds is 13. The number of imidazole rings is 1. The van der Waals surface area contributed by atoms with E-state index in [0.29, 0.717) is 46.2 Å². The van der Waals surface area contributed by atoms with Crippen molar-refractivity contribution >= 4 is 46.1 Å². The summed E-state index contributed by atoms with van der Waals surface area (Å²) in [6.45, 7) is 3.92. The number of fused-ring (bicyclic) bond motifs is 1. The van der Waals surface area contributed by atoms with Crippen molar-refractivity contribution in [1.82, 2.24) is 39.6 Å². The summed E-state index contributed by atoms with van der Waals surface area (Å²) < 4.78 is 14.6. The number of nitrogens with one attached hydrogen (secondary N) is 1. The number of carbonyl (C=O) groups is 1. The first kappa shape index (κ1) is 34.5. The molecule has 4 heterocycles. The highest BCUT2D eigenvalue weighted by atomic mass is 35.5. The lowest BCUT2D eigenvalue weighted by Gasteiger charge is -2.34. The van der Waals surface area contributed by atoms with E-state index < -0.39 is 0 Å². The van der Waals surface area contributed by atoms with Gasteiger partial charge in [0.25, 0.3) is 5.91 Å². The van der Waals surface area contributed by atoms with Crippen LogP contribution in [-0.2, 0) is 6.54 Å². The predicted molar refractivity (Wildman–Crippen MR) is 197 cm³/mol. The Morgan fingerprint density at radius 2 is 1.92 bits per heavy atom. The number of hydrogen-bond donors (Lipinski definition) is 1. The molecule has 14 heteroatoms. The fourth-order valence-electron chi connectivity index (χ4n) is 6.77. The summed E-state index contributed by atoms with van der Waals surface area (Å²) >= 11 is 12.8. The minimum Gasteiger partial charge on any atom is -0.496 e. The van der Waals surface area contributed by atoms with E-state index in [0.717, 1.165) is 67.0 Å². The second-order valence-electron chi connectivity index (χ2n) is 12.9. The van der Waals surface area contributed by atoms with Gasteiger partial charge in [-0.05, 0) is 90.3 Å². The van der Waals surface area contributed by atoms with Gasteiger partial charge in [0.2, 0.25) is 5.95 Å². The van der Waals surface area contributed by atoms with Gasteiger partial charge in [0.1, 0.15) is 12.1 Å². The summed E-state index contributed by atoms with van der Waals surface area (Å²) in [6, 6.07) is 21.6. The molecule has 12 nitrogen and oxygen atoms in total. The van der Waals surface area contributed by atoms with Crippen LogP contribution in [0.5, 0.6) is 5.75 Å². The van der Waals surface area contributed by atoms with E-state index in [4.69, 9.17) is 37.3 Å². The van der Waals surface area contributed by atoms with Crippen molar-refractivity contribution in [3.05, 3.63) is 112 Å². The number of anilines is 1. The van der Waals surface area contributed by atoms with Crippen molar-refractivity contribution in [3.8, 4) is 11.4 Å². The Bertz CT molecular complexity index is 2080. The number of piperidine rings is 1. The van der Waals surface area contributed by atoms with Crippen LogP contribution in [0.2, 0.25) is 10.0 Å². The van der Waals surface area contributed by atoms with Crippen LogP contribution >= 0.6 is 23.2 Å². The van der Waals surface area contributed by atoms with Crippen molar-refractivity contribution in [3.63, 3.8) is 0 Å². The number of tetrazole rings is 1. The van der Waals surface area contributed by atoms with Crippen molar-refractivity contribution < 1.29 is 13.9 Å². The molecule has 264 valence electrons. The number of ether oxygens (including phenoxy) is 1. The van der Waals surface area contributed by atoms with Gasteiger partial charge >= 0.3 is 0 Å². The molecule has 0 bridgehead atoms.